The number of hydroxylamine groups is 2. The van der Waals surface area contributed by atoms with Gasteiger partial charge in [-0.1, -0.05) is 6.92 Å². The fourth-order valence-corrected chi connectivity index (χ4v) is 2.96. The van der Waals surface area contributed by atoms with Crippen LogP contribution in [-0.2, 0) is 24.0 Å². The highest BCUT2D eigenvalue weighted by Crippen LogP contribution is 2.39. The second-order valence-electron chi connectivity index (χ2n) is 7.34. The zero-order valence-corrected chi connectivity index (χ0v) is 17.2. The van der Waals surface area contributed by atoms with Crippen LogP contribution in [0.3, 0.4) is 0 Å². The predicted molar refractivity (Wildman–Crippen MR) is 97.6 cm³/mol. The van der Waals surface area contributed by atoms with Crippen molar-refractivity contribution in [2.75, 3.05) is 6.61 Å². The number of hydrogen-bond donors (Lipinski definition) is 2. The lowest BCUT2D eigenvalue weighted by Gasteiger charge is -2.53. The van der Waals surface area contributed by atoms with E-state index in [0.717, 1.165) is 20.3 Å². The van der Waals surface area contributed by atoms with Crippen molar-refractivity contribution in [3.63, 3.8) is 0 Å². The molecule has 27 heavy (non-hydrogen) atoms. The monoisotopic (exact) mass is 388 g/mol. The molecular weight excluding hydrogens is 356 g/mol. The number of hydrogen-bond acceptors (Lipinski definition) is 7. The molecule has 9 heteroatoms. The van der Waals surface area contributed by atoms with Crippen molar-refractivity contribution in [1.82, 2.24) is 5.06 Å². The second kappa shape index (κ2) is 12.3. The first-order valence-electron chi connectivity index (χ1n) is 8.62. The van der Waals surface area contributed by atoms with E-state index in [-0.39, 0.29) is 17.2 Å². The summed E-state index contributed by atoms with van der Waals surface area (Å²) in [5, 5.41) is 25.4. The van der Waals surface area contributed by atoms with Crippen LogP contribution in [0.1, 0.15) is 67.7 Å². The highest BCUT2D eigenvalue weighted by molar-refractivity contribution is 5.85. The number of piperidine rings is 1. The van der Waals surface area contributed by atoms with Crippen molar-refractivity contribution in [2.45, 2.75) is 84.9 Å². The molecule has 1 fully saturated rings. The largest absolute Gasteiger partial charge is 0.481 e. The molecule has 1 saturated heterocycles. The minimum absolute atomic E-state index is 0.237. The molecule has 0 atom stereocenters. The zero-order chi connectivity index (χ0) is 21.8. The molecule has 0 unspecified atom stereocenters. The Morgan fingerprint density at radius 3 is 1.74 bits per heavy atom. The van der Waals surface area contributed by atoms with E-state index in [1.807, 2.05) is 5.06 Å². The minimum Gasteiger partial charge on any atom is -0.481 e. The van der Waals surface area contributed by atoms with Crippen LogP contribution in [0.15, 0.2) is 0 Å². The van der Waals surface area contributed by atoms with Crippen molar-refractivity contribution in [3.05, 3.63) is 0 Å². The average molecular weight is 388 g/mol. The Kier molecular flexibility index (Phi) is 12.3. The molecule has 1 heterocycles. The first-order chi connectivity index (χ1) is 12.2. The summed E-state index contributed by atoms with van der Waals surface area (Å²) in [7, 11) is 0. The number of aliphatic carboxylic acids is 2. The number of nitrogens with zero attached hydrogens (tertiary/aromatic N) is 2. The van der Waals surface area contributed by atoms with Crippen LogP contribution in [0.2, 0.25) is 0 Å². The lowest BCUT2D eigenvalue weighted by Crippen LogP contribution is -2.62. The molecule has 2 N–H and O–H groups in total. The molecule has 0 aromatic rings. The molecule has 0 bridgehead atoms. The van der Waals surface area contributed by atoms with E-state index in [1.54, 1.807) is 0 Å². The van der Waals surface area contributed by atoms with Crippen molar-refractivity contribution in [1.29, 1.82) is 5.26 Å². The summed E-state index contributed by atoms with van der Waals surface area (Å²) in [5.74, 6) is -2.47. The van der Waals surface area contributed by atoms with Gasteiger partial charge < -0.3 is 14.9 Å². The molecule has 0 aromatic carbocycles. The molecule has 1 aliphatic rings. The molecule has 0 aromatic heterocycles. The lowest BCUT2D eigenvalue weighted by molar-refractivity contribution is -0.292. The smallest absolute Gasteiger partial charge is 0.411 e. The molecule has 0 aliphatic carbocycles. The van der Waals surface area contributed by atoms with Gasteiger partial charge >= 0.3 is 5.97 Å². The molecule has 156 valence electrons. The number of carbonyl (C=O) groups is 3. The molecule has 0 amide bonds. The second-order valence-corrected chi connectivity index (χ2v) is 7.34. The first kappa shape index (κ1) is 27.0. The van der Waals surface area contributed by atoms with Gasteiger partial charge in [-0.3, -0.25) is 14.4 Å². The topological polar surface area (TPSA) is 137 Å². The predicted octanol–water partition coefficient (Wildman–Crippen LogP) is 2.60. The van der Waals surface area contributed by atoms with Crippen molar-refractivity contribution in [2.24, 2.45) is 0 Å². The minimum atomic E-state index is -0.833. The van der Waals surface area contributed by atoms with E-state index in [1.165, 1.54) is 6.07 Å². The van der Waals surface area contributed by atoms with Gasteiger partial charge in [0.15, 0.2) is 6.07 Å². The fourth-order valence-electron chi connectivity index (χ4n) is 2.96. The van der Waals surface area contributed by atoms with Gasteiger partial charge in [0.2, 0.25) is 0 Å². The van der Waals surface area contributed by atoms with Gasteiger partial charge in [0.05, 0.1) is 6.61 Å². The van der Waals surface area contributed by atoms with Gasteiger partial charge in [-0.2, -0.15) is 10.3 Å². The first-order valence-corrected chi connectivity index (χ1v) is 8.62. The summed E-state index contributed by atoms with van der Waals surface area (Å²) in [5.41, 5.74) is -0.478. The molecule has 0 saturated carbocycles. The Bertz CT molecular complexity index is 500. The standard InChI is InChI=1S/C14H24N2O3.2C2H4O2/c1-6-7-18-16-13(2,3)8-11(9-14(16,4)5)19-12(17)10-15;2*1-2(3)4/h11H,6-9H2,1-5H3;2*1H3,(H,3,4). The van der Waals surface area contributed by atoms with Gasteiger partial charge in [-0.15, -0.1) is 0 Å². The van der Waals surface area contributed by atoms with Crippen molar-refractivity contribution < 1.29 is 34.2 Å². The van der Waals surface area contributed by atoms with Gasteiger partial charge in [0.25, 0.3) is 11.9 Å². The van der Waals surface area contributed by atoms with Gasteiger partial charge in [0, 0.05) is 37.8 Å². The van der Waals surface area contributed by atoms with E-state index in [9.17, 15) is 4.79 Å². The van der Waals surface area contributed by atoms with Crippen LogP contribution >= 0.6 is 0 Å². The Morgan fingerprint density at radius 1 is 1.07 bits per heavy atom. The Balaban J connectivity index is 0. The van der Waals surface area contributed by atoms with Gasteiger partial charge in [0.1, 0.15) is 6.10 Å². The Labute approximate surface area is 160 Å². The molecule has 0 spiro atoms. The number of esters is 1. The highest BCUT2D eigenvalue weighted by atomic mass is 16.7. The fraction of sp³-hybridized carbons (Fsp3) is 0.778. The molecule has 0 radical (unpaired) electrons. The number of carboxylic acids is 2. The van der Waals surface area contributed by atoms with E-state index in [4.69, 9.17) is 34.6 Å². The number of carboxylic acid groups (broad SMARTS) is 2. The summed E-state index contributed by atoms with van der Waals surface area (Å²) in [6.07, 6.45) is 2.04. The van der Waals surface area contributed by atoms with Crippen LogP contribution < -0.4 is 0 Å². The average Bonchev–Trinajstić information content (AvgIpc) is 2.43. The third-order valence-electron chi connectivity index (χ3n) is 3.34. The van der Waals surface area contributed by atoms with Gasteiger partial charge in [-0.25, -0.2) is 4.79 Å². The van der Waals surface area contributed by atoms with Crippen molar-refractivity contribution in [3.8, 4) is 6.07 Å². The van der Waals surface area contributed by atoms with Crippen LogP contribution in [0.4, 0.5) is 0 Å². The Hall–Kier alpha value is -2.18. The van der Waals surface area contributed by atoms with Crippen LogP contribution in [0.25, 0.3) is 0 Å². The number of carbonyl (C=O) groups excluding carboxylic acids is 1. The summed E-state index contributed by atoms with van der Waals surface area (Å²) in [4.78, 5) is 35.0. The van der Waals surface area contributed by atoms with Gasteiger partial charge in [-0.05, 0) is 34.1 Å². The summed E-state index contributed by atoms with van der Waals surface area (Å²) in [6, 6.07) is 1.51. The maximum atomic E-state index is 11.1. The zero-order valence-electron chi connectivity index (χ0n) is 17.2. The van der Waals surface area contributed by atoms with Crippen molar-refractivity contribution >= 4 is 17.9 Å². The lowest BCUT2D eigenvalue weighted by atomic mass is 9.80. The van der Waals surface area contributed by atoms with Crippen LogP contribution in [0, 0.1) is 11.3 Å². The third-order valence-corrected chi connectivity index (χ3v) is 3.34. The number of nitriles is 1. The molecule has 1 rings (SSSR count). The Morgan fingerprint density at radius 2 is 1.44 bits per heavy atom. The molecule has 1 aliphatic heterocycles. The molecular formula is C18H32N2O7. The summed E-state index contributed by atoms with van der Waals surface area (Å²) >= 11 is 0. The number of rotatable bonds is 4. The third kappa shape index (κ3) is 12.8. The maximum absolute atomic E-state index is 11.1. The highest BCUT2D eigenvalue weighted by Gasteiger charge is 2.47. The number of ether oxygens (including phenoxy) is 1. The van der Waals surface area contributed by atoms with E-state index < -0.39 is 17.9 Å². The summed E-state index contributed by atoms with van der Waals surface area (Å²) < 4.78 is 5.18. The van der Waals surface area contributed by atoms with E-state index in [2.05, 4.69) is 34.6 Å². The molecule has 9 nitrogen and oxygen atoms in total. The normalized spacial score (nSPS) is 17.9. The van der Waals surface area contributed by atoms with E-state index in [0.29, 0.717) is 19.4 Å². The SMILES string of the molecule is CC(=O)O.CC(=O)O.CCCON1C(C)(C)CC(OC(=O)C#N)CC1(C)C. The van der Waals surface area contributed by atoms with E-state index >= 15 is 0 Å². The maximum Gasteiger partial charge on any atom is 0.411 e. The van der Waals surface area contributed by atoms with Crippen LogP contribution in [0.5, 0.6) is 0 Å². The summed E-state index contributed by atoms with van der Waals surface area (Å²) in [6.45, 7) is 13.2. The quantitative estimate of drug-likeness (QED) is 0.549. The van der Waals surface area contributed by atoms with Crippen LogP contribution in [-0.4, -0.2) is 57.0 Å².